The van der Waals surface area contributed by atoms with E-state index in [-0.39, 0.29) is 17.5 Å². The van der Waals surface area contributed by atoms with Crippen molar-refractivity contribution >= 4 is 29.4 Å². The van der Waals surface area contributed by atoms with Crippen molar-refractivity contribution < 1.29 is 32.3 Å². The van der Waals surface area contributed by atoms with Gasteiger partial charge in [-0.15, -0.1) is 13.2 Å². The van der Waals surface area contributed by atoms with Gasteiger partial charge >= 0.3 is 12.4 Å². The Morgan fingerprint density at radius 1 is 1.14 bits per heavy atom. The second kappa shape index (κ2) is 9.93. The topological polar surface area (TPSA) is 101 Å². The van der Waals surface area contributed by atoms with Crippen molar-refractivity contribution in [2.24, 2.45) is 5.92 Å². The van der Waals surface area contributed by atoms with Gasteiger partial charge in [-0.05, 0) is 54.8 Å². The van der Waals surface area contributed by atoms with Gasteiger partial charge in [-0.25, -0.2) is 14.7 Å². The second-order valence-electron chi connectivity index (χ2n) is 8.73. The highest BCUT2D eigenvalue weighted by atomic mass is 19.4. The number of nitrogens with one attached hydrogen (secondary N) is 2. The molecule has 0 bridgehead atoms. The van der Waals surface area contributed by atoms with Gasteiger partial charge < -0.3 is 15.4 Å². The first-order valence-electron chi connectivity index (χ1n) is 11.4. The first kappa shape index (κ1) is 24.5. The number of rotatable bonds is 6. The predicted molar refractivity (Wildman–Crippen MR) is 121 cm³/mol. The number of aromatic nitrogens is 1. The minimum atomic E-state index is -4.85. The summed E-state index contributed by atoms with van der Waals surface area (Å²) in [6.07, 6.45) is 1.58. The summed E-state index contributed by atoms with van der Waals surface area (Å²) in [6, 6.07) is 6.26. The van der Waals surface area contributed by atoms with Crippen LogP contribution in [-0.2, 0) is 9.59 Å². The van der Waals surface area contributed by atoms with Crippen LogP contribution in [-0.4, -0.2) is 35.2 Å². The maximum atomic E-state index is 13.1. The Balaban J connectivity index is 1.45. The maximum Gasteiger partial charge on any atom is 0.573 e. The van der Waals surface area contributed by atoms with Gasteiger partial charge in [-0.1, -0.05) is 26.2 Å². The first-order valence-corrected chi connectivity index (χ1v) is 11.4. The van der Waals surface area contributed by atoms with Gasteiger partial charge in [0.05, 0.1) is 5.69 Å². The van der Waals surface area contributed by atoms with Crippen molar-refractivity contribution in [3.63, 3.8) is 0 Å². The molecule has 0 spiro atoms. The SMILES string of the molecule is CC(c1ccnc(NC(=O)C2CCCCC2)c1)C1NC(=O)N(c2ccc(OC(F)(F)F)cc2)C1=O. The summed E-state index contributed by atoms with van der Waals surface area (Å²) in [5.41, 5.74) is 0.806. The zero-order valence-corrected chi connectivity index (χ0v) is 19.0. The summed E-state index contributed by atoms with van der Waals surface area (Å²) in [6.45, 7) is 1.76. The van der Waals surface area contributed by atoms with Gasteiger partial charge in [-0.3, -0.25) is 9.59 Å². The van der Waals surface area contributed by atoms with Crippen molar-refractivity contribution in [2.75, 3.05) is 10.2 Å². The Labute approximate surface area is 199 Å². The minimum Gasteiger partial charge on any atom is -0.406 e. The molecule has 2 unspecified atom stereocenters. The third kappa shape index (κ3) is 5.72. The lowest BCUT2D eigenvalue weighted by Crippen LogP contribution is -2.35. The molecule has 2 fully saturated rings. The van der Waals surface area contributed by atoms with Crippen LogP contribution in [0.5, 0.6) is 5.75 Å². The highest BCUT2D eigenvalue weighted by Gasteiger charge is 2.42. The maximum absolute atomic E-state index is 13.1. The monoisotopic (exact) mass is 490 g/mol. The molecule has 0 radical (unpaired) electrons. The highest BCUT2D eigenvalue weighted by Crippen LogP contribution is 2.31. The zero-order chi connectivity index (χ0) is 25.2. The normalized spacial score (nSPS) is 19.9. The van der Waals surface area contributed by atoms with Crippen molar-refractivity contribution in [3.05, 3.63) is 48.2 Å². The molecule has 2 heterocycles. The van der Waals surface area contributed by atoms with Crippen molar-refractivity contribution in [1.82, 2.24) is 10.3 Å². The van der Waals surface area contributed by atoms with Crippen LogP contribution in [0.2, 0.25) is 0 Å². The van der Waals surface area contributed by atoms with Crippen LogP contribution in [0.25, 0.3) is 0 Å². The Bertz CT molecular complexity index is 1100. The number of nitrogens with zero attached hydrogens (tertiary/aromatic N) is 2. The van der Waals surface area contributed by atoms with Gasteiger partial charge in [-0.2, -0.15) is 0 Å². The standard InChI is InChI=1S/C24H25F3N4O4/c1-14(16-11-12-28-19(13-16)29-21(32)15-5-3-2-4-6-15)20-22(33)31(23(34)30-20)17-7-9-18(10-8-17)35-24(25,26)27/h7-15,20H,2-6H2,1H3,(H,30,34)(H,28,29,32). The fraction of sp³-hybridized carbons (Fsp3) is 0.417. The molecule has 186 valence electrons. The summed E-state index contributed by atoms with van der Waals surface area (Å²) < 4.78 is 41.0. The number of carbonyl (C=O) groups excluding carboxylic acids is 3. The lowest BCUT2D eigenvalue weighted by molar-refractivity contribution is -0.274. The van der Waals surface area contributed by atoms with E-state index in [2.05, 4.69) is 20.4 Å². The summed E-state index contributed by atoms with van der Waals surface area (Å²) >= 11 is 0. The van der Waals surface area contributed by atoms with Gasteiger partial charge in [0.25, 0.3) is 5.91 Å². The highest BCUT2D eigenvalue weighted by molar-refractivity contribution is 6.21. The average molecular weight is 490 g/mol. The molecule has 2 N–H and O–H groups in total. The molecule has 1 aromatic heterocycles. The number of pyridine rings is 1. The van der Waals surface area contributed by atoms with Crippen molar-refractivity contribution in [1.29, 1.82) is 0 Å². The molecule has 11 heteroatoms. The third-order valence-corrected chi connectivity index (χ3v) is 6.33. The molecule has 2 aromatic rings. The van der Waals surface area contributed by atoms with E-state index in [1.54, 1.807) is 19.1 Å². The van der Waals surface area contributed by atoms with Crippen LogP contribution in [0.4, 0.5) is 29.5 Å². The molecule has 4 rings (SSSR count). The number of benzene rings is 1. The number of alkyl halides is 3. The molecule has 35 heavy (non-hydrogen) atoms. The molecule has 4 amide bonds. The Hall–Kier alpha value is -3.63. The van der Waals surface area contributed by atoms with Crippen molar-refractivity contribution in [3.8, 4) is 5.75 Å². The van der Waals surface area contributed by atoms with Crippen molar-refractivity contribution in [2.45, 2.75) is 57.3 Å². The van der Waals surface area contributed by atoms with E-state index in [1.165, 1.54) is 18.3 Å². The number of hydrogen-bond acceptors (Lipinski definition) is 5. The Morgan fingerprint density at radius 3 is 2.49 bits per heavy atom. The Kier molecular flexibility index (Phi) is 6.95. The molecule has 1 saturated carbocycles. The molecule has 1 aliphatic carbocycles. The number of amides is 4. The van der Waals surface area contributed by atoms with Crippen LogP contribution in [0.15, 0.2) is 42.6 Å². The molecule has 2 atom stereocenters. The number of carbonyl (C=O) groups is 3. The molecule has 8 nitrogen and oxygen atoms in total. The largest absolute Gasteiger partial charge is 0.573 e. The van der Waals surface area contributed by atoms with Crippen LogP contribution in [0.3, 0.4) is 0 Å². The molecule has 2 aliphatic rings. The van der Waals surface area contributed by atoms with Gasteiger partial charge in [0.2, 0.25) is 5.91 Å². The van der Waals surface area contributed by atoms with E-state index in [0.717, 1.165) is 49.1 Å². The van der Waals surface area contributed by atoms with Gasteiger partial charge in [0, 0.05) is 18.0 Å². The first-order chi connectivity index (χ1) is 16.6. The fourth-order valence-corrected chi connectivity index (χ4v) is 4.46. The van der Waals surface area contributed by atoms with Crippen LogP contribution in [0.1, 0.15) is 50.5 Å². The second-order valence-corrected chi connectivity index (χ2v) is 8.73. The number of ether oxygens (including phenoxy) is 1. The average Bonchev–Trinajstić information content (AvgIpc) is 3.12. The minimum absolute atomic E-state index is 0.0381. The van der Waals surface area contributed by atoms with Crippen LogP contribution < -0.4 is 20.3 Å². The molecule has 1 aromatic carbocycles. The van der Waals surface area contributed by atoms with Crippen LogP contribution in [0, 0.1) is 5.92 Å². The molecular weight excluding hydrogens is 465 g/mol. The third-order valence-electron chi connectivity index (χ3n) is 6.33. The smallest absolute Gasteiger partial charge is 0.406 e. The fourth-order valence-electron chi connectivity index (χ4n) is 4.46. The number of urea groups is 1. The number of halogens is 3. The van der Waals surface area contributed by atoms with Gasteiger partial charge in [0.1, 0.15) is 17.6 Å². The van der Waals surface area contributed by atoms with E-state index in [4.69, 9.17) is 0 Å². The predicted octanol–water partition coefficient (Wildman–Crippen LogP) is 4.73. The number of imide groups is 1. The zero-order valence-electron chi connectivity index (χ0n) is 19.0. The number of hydrogen-bond donors (Lipinski definition) is 2. The lowest BCUT2D eigenvalue weighted by atomic mass is 9.88. The summed E-state index contributed by atoms with van der Waals surface area (Å²) in [5, 5.41) is 5.48. The van der Waals surface area contributed by atoms with E-state index in [0.29, 0.717) is 11.4 Å². The Morgan fingerprint density at radius 2 is 1.83 bits per heavy atom. The summed E-state index contributed by atoms with van der Waals surface area (Å²) in [4.78, 5) is 43.3. The molecule has 1 saturated heterocycles. The molecule has 1 aliphatic heterocycles. The summed E-state index contributed by atoms with van der Waals surface area (Å²) in [5.74, 6) is -1.20. The van der Waals surface area contributed by atoms with E-state index in [1.807, 2.05) is 0 Å². The quantitative estimate of drug-likeness (QED) is 0.571. The van der Waals surface area contributed by atoms with E-state index >= 15 is 0 Å². The van der Waals surface area contributed by atoms with Crippen LogP contribution >= 0.6 is 0 Å². The van der Waals surface area contributed by atoms with Gasteiger partial charge in [0.15, 0.2) is 0 Å². The van der Waals surface area contributed by atoms with E-state index in [9.17, 15) is 27.6 Å². The number of anilines is 2. The lowest BCUT2D eigenvalue weighted by Gasteiger charge is -2.21. The van der Waals surface area contributed by atoms with E-state index < -0.39 is 36.0 Å². The summed E-state index contributed by atoms with van der Waals surface area (Å²) in [7, 11) is 0. The molecular formula is C24H25F3N4O4.